The van der Waals surface area contributed by atoms with Crippen molar-refractivity contribution in [2.24, 2.45) is 11.7 Å². The van der Waals surface area contributed by atoms with Gasteiger partial charge in [-0.25, -0.2) is 0 Å². The topological polar surface area (TPSA) is 55.6 Å². The predicted octanol–water partition coefficient (Wildman–Crippen LogP) is 1.64. The molecule has 1 atom stereocenters. The summed E-state index contributed by atoms with van der Waals surface area (Å²) in [4.78, 5) is 14.1. The van der Waals surface area contributed by atoms with Crippen LogP contribution in [0.25, 0.3) is 0 Å². The third kappa shape index (κ3) is 5.41. The van der Waals surface area contributed by atoms with Gasteiger partial charge in [-0.1, -0.05) is 44.2 Å². The van der Waals surface area contributed by atoms with Crippen molar-refractivity contribution in [1.82, 2.24) is 4.90 Å². The molecule has 4 nitrogen and oxygen atoms in total. The van der Waals surface area contributed by atoms with Crippen LogP contribution in [0.5, 0.6) is 0 Å². The number of amides is 1. The maximum atomic E-state index is 12.3. The van der Waals surface area contributed by atoms with Gasteiger partial charge in [0.15, 0.2) is 0 Å². The highest BCUT2D eigenvalue weighted by molar-refractivity contribution is 5.81. The van der Waals surface area contributed by atoms with Crippen LogP contribution in [0.3, 0.4) is 0 Å². The molecule has 0 radical (unpaired) electrons. The van der Waals surface area contributed by atoms with Crippen molar-refractivity contribution in [3.63, 3.8) is 0 Å². The molecule has 0 fully saturated rings. The van der Waals surface area contributed by atoms with Gasteiger partial charge >= 0.3 is 0 Å². The molecule has 0 saturated heterocycles. The Morgan fingerprint density at radius 2 is 1.95 bits per heavy atom. The minimum Gasteiger partial charge on any atom is -0.383 e. The summed E-state index contributed by atoms with van der Waals surface area (Å²) >= 11 is 0. The van der Waals surface area contributed by atoms with E-state index in [4.69, 9.17) is 10.5 Å². The Morgan fingerprint density at radius 1 is 1.32 bits per heavy atom. The van der Waals surface area contributed by atoms with Gasteiger partial charge in [0.25, 0.3) is 0 Å². The average Bonchev–Trinajstić information content (AvgIpc) is 2.38. The minimum atomic E-state index is -0.590. The normalized spacial score (nSPS) is 12.5. The summed E-state index contributed by atoms with van der Waals surface area (Å²) in [5.74, 6) is 0.349. The first-order chi connectivity index (χ1) is 9.04. The predicted molar refractivity (Wildman–Crippen MR) is 76.5 cm³/mol. The van der Waals surface area contributed by atoms with E-state index in [9.17, 15) is 4.79 Å². The molecule has 0 bridgehead atoms. The summed E-state index contributed by atoms with van der Waals surface area (Å²) in [5.41, 5.74) is 6.95. The van der Waals surface area contributed by atoms with Crippen LogP contribution in [-0.4, -0.2) is 37.1 Å². The maximum Gasteiger partial charge on any atom is 0.242 e. The van der Waals surface area contributed by atoms with Crippen LogP contribution in [0.1, 0.15) is 19.4 Å². The standard InChI is InChI=1S/C15H24N2O2/c1-12(2)9-17(15(18)14(16)11-19-3)10-13-7-5-4-6-8-13/h4-8,12,14H,9-11,16H2,1-3H3. The molecule has 0 heterocycles. The van der Waals surface area contributed by atoms with Gasteiger partial charge in [0.05, 0.1) is 6.61 Å². The largest absolute Gasteiger partial charge is 0.383 e. The summed E-state index contributed by atoms with van der Waals surface area (Å²) in [7, 11) is 1.55. The average molecular weight is 264 g/mol. The third-order valence-electron chi connectivity index (χ3n) is 2.78. The zero-order chi connectivity index (χ0) is 14.3. The molecule has 0 aromatic heterocycles. The smallest absolute Gasteiger partial charge is 0.242 e. The van der Waals surface area contributed by atoms with Crippen molar-refractivity contribution >= 4 is 5.91 Å². The molecule has 0 aliphatic rings. The van der Waals surface area contributed by atoms with Crippen molar-refractivity contribution < 1.29 is 9.53 Å². The number of hydrogen-bond donors (Lipinski definition) is 1. The molecule has 0 saturated carbocycles. The van der Waals surface area contributed by atoms with Gasteiger partial charge in [-0.2, -0.15) is 0 Å². The summed E-state index contributed by atoms with van der Waals surface area (Å²) in [5, 5.41) is 0. The Hall–Kier alpha value is -1.39. The number of ether oxygens (including phenoxy) is 1. The van der Waals surface area contributed by atoms with E-state index in [1.165, 1.54) is 0 Å². The van der Waals surface area contributed by atoms with E-state index in [1.807, 2.05) is 35.2 Å². The van der Waals surface area contributed by atoms with Crippen molar-refractivity contribution in [2.45, 2.75) is 26.4 Å². The Kier molecular flexibility index (Phi) is 6.53. The highest BCUT2D eigenvalue weighted by atomic mass is 16.5. The van der Waals surface area contributed by atoms with E-state index in [0.29, 0.717) is 19.0 Å². The second kappa shape index (κ2) is 7.92. The lowest BCUT2D eigenvalue weighted by atomic mass is 10.1. The Labute approximate surface area is 115 Å². The van der Waals surface area contributed by atoms with E-state index in [1.54, 1.807) is 7.11 Å². The van der Waals surface area contributed by atoms with Crippen LogP contribution < -0.4 is 5.73 Å². The fraction of sp³-hybridized carbons (Fsp3) is 0.533. The molecule has 4 heteroatoms. The zero-order valence-corrected chi connectivity index (χ0v) is 12.0. The maximum absolute atomic E-state index is 12.3. The first-order valence-electron chi connectivity index (χ1n) is 6.61. The number of methoxy groups -OCH3 is 1. The van der Waals surface area contributed by atoms with Crippen LogP contribution >= 0.6 is 0 Å². The van der Waals surface area contributed by atoms with Crippen molar-refractivity contribution in [1.29, 1.82) is 0 Å². The lowest BCUT2D eigenvalue weighted by molar-refractivity contribution is -0.135. The molecule has 1 aromatic rings. The lowest BCUT2D eigenvalue weighted by Crippen LogP contribution is -2.46. The van der Waals surface area contributed by atoms with Crippen LogP contribution in [0, 0.1) is 5.92 Å². The number of carbonyl (C=O) groups excluding carboxylic acids is 1. The summed E-state index contributed by atoms with van der Waals surface area (Å²) in [6.07, 6.45) is 0. The molecule has 0 aliphatic carbocycles. The molecular weight excluding hydrogens is 240 g/mol. The first kappa shape index (κ1) is 15.7. The lowest BCUT2D eigenvalue weighted by Gasteiger charge is -2.27. The van der Waals surface area contributed by atoms with E-state index in [2.05, 4.69) is 13.8 Å². The highest BCUT2D eigenvalue weighted by Crippen LogP contribution is 2.09. The van der Waals surface area contributed by atoms with Gasteiger partial charge in [-0.3, -0.25) is 4.79 Å². The number of carbonyl (C=O) groups is 1. The summed E-state index contributed by atoms with van der Waals surface area (Å²) in [6, 6.07) is 9.36. The van der Waals surface area contributed by atoms with E-state index in [-0.39, 0.29) is 12.5 Å². The first-order valence-corrected chi connectivity index (χ1v) is 6.61. The quantitative estimate of drug-likeness (QED) is 0.814. The van der Waals surface area contributed by atoms with Crippen LogP contribution in [-0.2, 0) is 16.1 Å². The van der Waals surface area contributed by atoms with E-state index < -0.39 is 6.04 Å². The van der Waals surface area contributed by atoms with Crippen molar-refractivity contribution in [2.75, 3.05) is 20.3 Å². The van der Waals surface area contributed by atoms with Crippen LogP contribution in [0.15, 0.2) is 30.3 Å². The molecule has 2 N–H and O–H groups in total. The highest BCUT2D eigenvalue weighted by Gasteiger charge is 2.21. The third-order valence-corrected chi connectivity index (χ3v) is 2.78. The number of nitrogens with two attached hydrogens (primary N) is 1. The second-order valence-electron chi connectivity index (χ2n) is 5.16. The van der Waals surface area contributed by atoms with Gasteiger partial charge in [0.2, 0.25) is 5.91 Å². The van der Waals surface area contributed by atoms with Gasteiger partial charge in [0.1, 0.15) is 6.04 Å². The second-order valence-corrected chi connectivity index (χ2v) is 5.16. The SMILES string of the molecule is COCC(N)C(=O)N(Cc1ccccc1)CC(C)C. The fourth-order valence-corrected chi connectivity index (χ4v) is 1.96. The fourth-order valence-electron chi connectivity index (χ4n) is 1.96. The number of nitrogens with zero attached hydrogens (tertiary/aromatic N) is 1. The minimum absolute atomic E-state index is 0.0561. The molecule has 1 amide bonds. The van der Waals surface area contributed by atoms with Crippen molar-refractivity contribution in [3.05, 3.63) is 35.9 Å². The van der Waals surface area contributed by atoms with Crippen LogP contribution in [0.2, 0.25) is 0 Å². The molecule has 1 rings (SSSR count). The zero-order valence-electron chi connectivity index (χ0n) is 12.0. The summed E-state index contributed by atoms with van der Waals surface area (Å²) in [6.45, 7) is 5.73. The molecule has 1 unspecified atom stereocenters. The monoisotopic (exact) mass is 264 g/mol. The van der Waals surface area contributed by atoms with Gasteiger partial charge in [-0.05, 0) is 11.5 Å². The van der Waals surface area contributed by atoms with Crippen LogP contribution in [0.4, 0.5) is 0 Å². The number of rotatable bonds is 7. The Balaban J connectivity index is 2.74. The van der Waals surface area contributed by atoms with E-state index >= 15 is 0 Å². The molecule has 0 aliphatic heterocycles. The van der Waals surface area contributed by atoms with Crippen molar-refractivity contribution in [3.8, 4) is 0 Å². The number of benzene rings is 1. The molecule has 19 heavy (non-hydrogen) atoms. The van der Waals surface area contributed by atoms with Gasteiger partial charge in [0, 0.05) is 20.2 Å². The number of hydrogen-bond acceptors (Lipinski definition) is 3. The van der Waals surface area contributed by atoms with E-state index in [0.717, 1.165) is 5.56 Å². The van der Waals surface area contributed by atoms with Gasteiger partial charge in [-0.15, -0.1) is 0 Å². The Bertz CT molecular complexity index is 379. The van der Waals surface area contributed by atoms with Gasteiger partial charge < -0.3 is 15.4 Å². The molecule has 0 spiro atoms. The molecule has 106 valence electrons. The summed E-state index contributed by atoms with van der Waals surface area (Å²) < 4.78 is 4.96. The molecule has 1 aromatic carbocycles. The Morgan fingerprint density at radius 3 is 2.47 bits per heavy atom. The molecular formula is C15H24N2O2.